The first-order chi connectivity index (χ1) is 8.22. The lowest BCUT2D eigenvalue weighted by atomic mass is 10.4. The van der Waals surface area contributed by atoms with E-state index >= 15 is 0 Å². The molecule has 90 valence electrons. The summed E-state index contributed by atoms with van der Waals surface area (Å²) in [4.78, 5) is 10.7. The minimum atomic E-state index is 0.594. The highest BCUT2D eigenvalue weighted by Gasteiger charge is 2.27. The van der Waals surface area contributed by atoms with Crippen LogP contribution in [0.3, 0.4) is 0 Å². The summed E-state index contributed by atoms with van der Waals surface area (Å²) in [5.74, 6) is 2.36. The summed E-state index contributed by atoms with van der Waals surface area (Å²) in [6, 6.07) is 0. The van der Waals surface area contributed by atoms with Gasteiger partial charge >= 0.3 is 0 Å². The lowest BCUT2D eigenvalue weighted by molar-refractivity contribution is 0.650. The fraction of sp³-hybridized carbons (Fsp3) is 0.600. The SMILES string of the molecule is CN(C)c1nc(Cn2cnc(C3CC3)n2)ns1. The van der Waals surface area contributed by atoms with Gasteiger partial charge in [0, 0.05) is 31.5 Å². The van der Waals surface area contributed by atoms with E-state index in [1.54, 1.807) is 6.33 Å². The molecule has 0 atom stereocenters. The van der Waals surface area contributed by atoms with Crippen LogP contribution in [0.15, 0.2) is 6.33 Å². The maximum absolute atomic E-state index is 4.44. The first-order valence-corrected chi connectivity index (χ1v) is 6.39. The van der Waals surface area contributed by atoms with Crippen molar-refractivity contribution < 1.29 is 0 Å². The number of hydrogen-bond donors (Lipinski definition) is 0. The van der Waals surface area contributed by atoms with E-state index in [-0.39, 0.29) is 0 Å². The standard InChI is InChI=1S/C10H14N6S/c1-15(2)10-12-8(14-17-10)5-16-6-11-9(13-16)7-3-4-7/h6-7H,3-5H2,1-2H3. The van der Waals surface area contributed by atoms with Crippen LogP contribution in [0.5, 0.6) is 0 Å². The second-order valence-electron chi connectivity index (χ2n) is 4.46. The van der Waals surface area contributed by atoms with Gasteiger partial charge in [-0.05, 0) is 12.8 Å². The zero-order valence-corrected chi connectivity index (χ0v) is 10.7. The Morgan fingerprint density at radius 3 is 2.94 bits per heavy atom. The summed E-state index contributed by atoms with van der Waals surface area (Å²) in [5.41, 5.74) is 0. The van der Waals surface area contributed by atoms with Crippen molar-refractivity contribution in [3.05, 3.63) is 18.0 Å². The minimum Gasteiger partial charge on any atom is -0.353 e. The Hall–Kier alpha value is -1.50. The van der Waals surface area contributed by atoms with Crippen LogP contribution in [0, 0.1) is 0 Å². The molecule has 0 N–H and O–H groups in total. The summed E-state index contributed by atoms with van der Waals surface area (Å²) >= 11 is 1.41. The maximum Gasteiger partial charge on any atom is 0.204 e. The molecule has 2 aromatic rings. The molecular formula is C10H14N6S. The zero-order chi connectivity index (χ0) is 11.8. The average molecular weight is 250 g/mol. The van der Waals surface area contributed by atoms with Crippen LogP contribution in [-0.4, -0.2) is 38.2 Å². The van der Waals surface area contributed by atoms with Crippen molar-refractivity contribution in [1.82, 2.24) is 24.1 Å². The molecule has 0 aromatic carbocycles. The summed E-state index contributed by atoms with van der Waals surface area (Å²) in [6.07, 6.45) is 4.22. The van der Waals surface area contributed by atoms with E-state index in [9.17, 15) is 0 Å². The van der Waals surface area contributed by atoms with E-state index in [2.05, 4.69) is 19.4 Å². The van der Waals surface area contributed by atoms with E-state index in [0.29, 0.717) is 12.5 Å². The number of anilines is 1. The third-order valence-corrected chi connectivity index (χ3v) is 3.56. The molecule has 1 aliphatic rings. The van der Waals surface area contributed by atoms with Gasteiger partial charge in [0.1, 0.15) is 12.9 Å². The van der Waals surface area contributed by atoms with Crippen LogP contribution in [0.2, 0.25) is 0 Å². The third kappa shape index (κ3) is 2.28. The second-order valence-corrected chi connectivity index (χ2v) is 5.19. The Labute approximate surface area is 103 Å². The van der Waals surface area contributed by atoms with Gasteiger partial charge in [0.05, 0.1) is 0 Å². The van der Waals surface area contributed by atoms with Crippen LogP contribution in [0.1, 0.15) is 30.4 Å². The Bertz CT molecular complexity index is 474. The fourth-order valence-corrected chi connectivity index (χ4v) is 2.14. The summed E-state index contributed by atoms with van der Waals surface area (Å²) in [5, 5.41) is 5.36. The monoisotopic (exact) mass is 250 g/mol. The number of nitrogens with zero attached hydrogens (tertiary/aromatic N) is 6. The highest BCUT2D eigenvalue weighted by atomic mass is 32.1. The zero-order valence-electron chi connectivity index (χ0n) is 9.87. The Morgan fingerprint density at radius 2 is 2.29 bits per heavy atom. The molecule has 2 aromatic heterocycles. The normalized spacial score (nSPS) is 15.2. The fourth-order valence-electron chi connectivity index (χ4n) is 1.55. The molecule has 6 nitrogen and oxygen atoms in total. The summed E-state index contributed by atoms with van der Waals surface area (Å²) < 4.78 is 6.12. The molecule has 3 rings (SSSR count). The highest BCUT2D eigenvalue weighted by Crippen LogP contribution is 2.37. The van der Waals surface area contributed by atoms with Crippen LogP contribution in [-0.2, 0) is 6.54 Å². The average Bonchev–Trinajstić information content (AvgIpc) is 2.87. The van der Waals surface area contributed by atoms with Gasteiger partial charge in [-0.15, -0.1) is 0 Å². The third-order valence-electron chi connectivity index (χ3n) is 2.64. The minimum absolute atomic E-state index is 0.594. The van der Waals surface area contributed by atoms with E-state index in [1.165, 1.54) is 24.4 Å². The molecule has 1 saturated carbocycles. The first kappa shape index (κ1) is 10.6. The maximum atomic E-state index is 4.44. The smallest absolute Gasteiger partial charge is 0.204 e. The molecule has 0 saturated heterocycles. The molecule has 1 aliphatic carbocycles. The molecule has 0 amide bonds. The Morgan fingerprint density at radius 1 is 1.47 bits per heavy atom. The van der Waals surface area contributed by atoms with Gasteiger partial charge in [-0.25, -0.2) is 14.6 Å². The molecule has 2 heterocycles. The quantitative estimate of drug-likeness (QED) is 0.814. The molecule has 7 heteroatoms. The molecule has 0 radical (unpaired) electrons. The van der Waals surface area contributed by atoms with Crippen LogP contribution >= 0.6 is 11.5 Å². The van der Waals surface area contributed by atoms with Crippen molar-refractivity contribution in [2.45, 2.75) is 25.3 Å². The van der Waals surface area contributed by atoms with Crippen molar-refractivity contribution in [3.63, 3.8) is 0 Å². The number of rotatable bonds is 4. The van der Waals surface area contributed by atoms with Crippen LogP contribution < -0.4 is 4.90 Å². The highest BCUT2D eigenvalue weighted by molar-refractivity contribution is 7.09. The Balaban J connectivity index is 1.71. The lowest BCUT2D eigenvalue weighted by Gasteiger charge is -2.04. The van der Waals surface area contributed by atoms with E-state index in [0.717, 1.165) is 16.8 Å². The molecule has 1 fully saturated rings. The molecule has 17 heavy (non-hydrogen) atoms. The van der Waals surface area contributed by atoms with Gasteiger partial charge in [0.15, 0.2) is 11.6 Å². The van der Waals surface area contributed by atoms with Crippen molar-refractivity contribution in [3.8, 4) is 0 Å². The predicted octanol–water partition coefficient (Wildman–Crippen LogP) is 1.12. The molecule has 0 bridgehead atoms. The summed E-state index contributed by atoms with van der Waals surface area (Å²) in [7, 11) is 3.93. The van der Waals surface area contributed by atoms with Gasteiger partial charge in [-0.2, -0.15) is 9.47 Å². The Kier molecular flexibility index (Phi) is 2.54. The van der Waals surface area contributed by atoms with E-state index < -0.39 is 0 Å². The van der Waals surface area contributed by atoms with Crippen molar-refractivity contribution in [2.24, 2.45) is 0 Å². The van der Waals surface area contributed by atoms with Crippen LogP contribution in [0.4, 0.5) is 5.13 Å². The number of aromatic nitrogens is 5. The second kappa shape index (κ2) is 4.06. The van der Waals surface area contributed by atoms with Gasteiger partial charge in [-0.1, -0.05) is 0 Å². The van der Waals surface area contributed by atoms with Crippen molar-refractivity contribution >= 4 is 16.7 Å². The van der Waals surface area contributed by atoms with Crippen molar-refractivity contribution in [1.29, 1.82) is 0 Å². The van der Waals surface area contributed by atoms with Crippen molar-refractivity contribution in [2.75, 3.05) is 19.0 Å². The topological polar surface area (TPSA) is 59.7 Å². The van der Waals surface area contributed by atoms with Gasteiger partial charge in [0.25, 0.3) is 0 Å². The van der Waals surface area contributed by atoms with E-state index in [1.807, 2.05) is 23.7 Å². The first-order valence-electron chi connectivity index (χ1n) is 5.61. The van der Waals surface area contributed by atoms with Gasteiger partial charge in [0.2, 0.25) is 5.13 Å². The molecule has 0 unspecified atom stereocenters. The predicted molar refractivity (Wildman–Crippen MR) is 65.3 cm³/mol. The molecule has 0 aliphatic heterocycles. The molecule has 0 spiro atoms. The van der Waals surface area contributed by atoms with Gasteiger partial charge in [-0.3, -0.25) is 0 Å². The van der Waals surface area contributed by atoms with Gasteiger partial charge < -0.3 is 4.90 Å². The lowest BCUT2D eigenvalue weighted by Crippen LogP contribution is -2.08. The summed E-state index contributed by atoms with van der Waals surface area (Å²) in [6.45, 7) is 0.601. The van der Waals surface area contributed by atoms with Crippen LogP contribution in [0.25, 0.3) is 0 Å². The largest absolute Gasteiger partial charge is 0.353 e. The molecular weight excluding hydrogens is 236 g/mol. The van der Waals surface area contributed by atoms with E-state index in [4.69, 9.17) is 0 Å². The number of hydrogen-bond acceptors (Lipinski definition) is 6.